The number of aromatic nitrogens is 2. The summed E-state index contributed by atoms with van der Waals surface area (Å²) in [6.45, 7) is 6.79. The topological polar surface area (TPSA) is 73.8 Å². The Kier molecular flexibility index (Phi) is 5.08. The molecule has 0 bridgehead atoms. The van der Waals surface area contributed by atoms with Gasteiger partial charge in [0.25, 0.3) is 5.91 Å². The third-order valence-corrected chi connectivity index (χ3v) is 6.26. The Morgan fingerprint density at radius 3 is 2.55 bits per heavy atom. The lowest BCUT2D eigenvalue weighted by atomic mass is 10.0. The van der Waals surface area contributed by atoms with Gasteiger partial charge in [0.1, 0.15) is 5.69 Å². The van der Waals surface area contributed by atoms with E-state index in [0.29, 0.717) is 18.3 Å². The van der Waals surface area contributed by atoms with Crippen molar-refractivity contribution >= 4 is 34.5 Å². The first kappa shape index (κ1) is 21.1. The maximum Gasteiger partial charge on any atom is 0.421 e. The van der Waals surface area contributed by atoms with Gasteiger partial charge in [0.15, 0.2) is 0 Å². The van der Waals surface area contributed by atoms with Crippen molar-refractivity contribution in [3.05, 3.63) is 65.5 Å². The average molecular weight is 444 g/mol. The quantitative estimate of drug-likeness (QED) is 0.582. The zero-order valence-corrected chi connectivity index (χ0v) is 19.3. The molecule has 8 heteroatoms. The molecule has 33 heavy (non-hydrogen) atoms. The lowest BCUT2D eigenvalue weighted by Crippen LogP contribution is -2.62. The molecule has 8 nitrogen and oxygen atoms in total. The minimum atomic E-state index is -0.651. The van der Waals surface area contributed by atoms with Crippen LogP contribution in [0.1, 0.15) is 30.3 Å². The summed E-state index contributed by atoms with van der Waals surface area (Å²) >= 11 is 0. The Morgan fingerprint density at radius 1 is 1.06 bits per heavy atom. The number of carbonyl (C=O) groups is 2. The summed E-state index contributed by atoms with van der Waals surface area (Å²) in [5.74, 6) is 0.785. The van der Waals surface area contributed by atoms with Crippen LogP contribution in [0.15, 0.2) is 53.5 Å². The van der Waals surface area contributed by atoms with E-state index in [1.807, 2.05) is 67.0 Å². The molecular formula is C25H27N6O2+. The van der Waals surface area contributed by atoms with Crippen LogP contribution in [-0.4, -0.2) is 67.5 Å². The van der Waals surface area contributed by atoms with E-state index in [9.17, 15) is 9.59 Å². The van der Waals surface area contributed by atoms with Crippen LogP contribution in [0.2, 0.25) is 0 Å². The molecule has 3 amide bonds. The molecule has 0 N–H and O–H groups in total. The van der Waals surface area contributed by atoms with Gasteiger partial charge in [-0.2, -0.15) is 0 Å². The molecule has 2 aromatic carbocycles. The predicted octanol–water partition coefficient (Wildman–Crippen LogP) is 3.15. The summed E-state index contributed by atoms with van der Waals surface area (Å²) < 4.78 is 3.73. The van der Waals surface area contributed by atoms with Crippen molar-refractivity contribution in [2.75, 3.05) is 13.6 Å². The van der Waals surface area contributed by atoms with Crippen LogP contribution >= 0.6 is 0 Å². The largest absolute Gasteiger partial charge is 0.421 e. The number of hydrogen-bond donors (Lipinski definition) is 0. The van der Waals surface area contributed by atoms with Gasteiger partial charge in [-0.3, -0.25) is 14.6 Å². The molecule has 3 aromatic rings. The van der Waals surface area contributed by atoms with E-state index in [4.69, 9.17) is 4.99 Å². The zero-order chi connectivity index (χ0) is 23.3. The number of amidine groups is 1. The van der Waals surface area contributed by atoms with Gasteiger partial charge in [-0.25, -0.2) is 9.37 Å². The molecule has 3 heterocycles. The fraction of sp³-hybridized carbons (Fsp3) is 0.320. The van der Waals surface area contributed by atoms with E-state index in [2.05, 4.69) is 12.0 Å². The maximum atomic E-state index is 13.8. The van der Waals surface area contributed by atoms with Gasteiger partial charge in [-0.05, 0) is 42.7 Å². The number of rotatable bonds is 4. The fourth-order valence-corrected chi connectivity index (χ4v) is 4.72. The molecule has 1 saturated heterocycles. The molecule has 1 aromatic heterocycles. The normalized spacial score (nSPS) is 18.4. The third-order valence-electron chi connectivity index (χ3n) is 6.26. The molecule has 1 atom stereocenters. The summed E-state index contributed by atoms with van der Waals surface area (Å²) in [7, 11) is 1.69. The molecule has 1 unspecified atom stereocenters. The highest BCUT2D eigenvalue weighted by Gasteiger charge is 2.53. The van der Waals surface area contributed by atoms with E-state index >= 15 is 0 Å². The van der Waals surface area contributed by atoms with Gasteiger partial charge in [0.05, 0.1) is 18.8 Å². The molecule has 0 aliphatic carbocycles. The molecule has 0 radical (unpaired) electrons. The monoisotopic (exact) mass is 443 g/mol. The van der Waals surface area contributed by atoms with E-state index in [1.54, 1.807) is 11.7 Å². The molecule has 168 valence electrons. The van der Waals surface area contributed by atoms with Gasteiger partial charge < -0.3 is 0 Å². The van der Waals surface area contributed by atoms with Crippen LogP contribution in [0.4, 0.5) is 4.79 Å². The molecule has 1 fully saturated rings. The second-order valence-corrected chi connectivity index (χ2v) is 8.61. The van der Waals surface area contributed by atoms with Crippen molar-refractivity contribution in [3.8, 4) is 0 Å². The molecular weight excluding hydrogens is 416 g/mol. The number of aliphatic imine (C=N–C) groups is 1. The molecule has 0 saturated carbocycles. The van der Waals surface area contributed by atoms with Crippen LogP contribution in [0.25, 0.3) is 10.8 Å². The molecule has 2 aliphatic rings. The van der Waals surface area contributed by atoms with E-state index in [1.165, 1.54) is 9.80 Å². The highest BCUT2D eigenvalue weighted by molar-refractivity contribution is 6.23. The first-order valence-electron chi connectivity index (χ1n) is 11.2. The molecule has 5 rings (SSSR count). The lowest BCUT2D eigenvalue weighted by molar-refractivity contribution is -0.537. The Balaban J connectivity index is 1.57. The van der Waals surface area contributed by atoms with Crippen LogP contribution in [0.5, 0.6) is 0 Å². The van der Waals surface area contributed by atoms with Gasteiger partial charge in [0, 0.05) is 7.05 Å². The number of imide groups is 1. The van der Waals surface area contributed by atoms with Crippen molar-refractivity contribution in [1.29, 1.82) is 0 Å². The Labute approximate surface area is 192 Å². The van der Waals surface area contributed by atoms with Gasteiger partial charge in [-0.15, -0.1) is 9.78 Å². The van der Waals surface area contributed by atoms with Crippen LogP contribution in [-0.2, 0) is 11.3 Å². The van der Waals surface area contributed by atoms with Crippen LogP contribution < -0.4 is 0 Å². The Hall–Kier alpha value is -3.81. The highest BCUT2D eigenvalue weighted by atomic mass is 16.2. The summed E-state index contributed by atoms with van der Waals surface area (Å²) in [4.78, 5) is 34.7. The first-order valence-corrected chi connectivity index (χ1v) is 11.2. The SMILES string of the molecule is CCC[N+]1=C(n2nc(C)cc2C)N=C2C1C(=O)N(Cc1cccc3ccccc13)C(=O)N2C. The molecule has 0 spiro atoms. The predicted molar refractivity (Wildman–Crippen MR) is 126 cm³/mol. The fourth-order valence-electron chi connectivity index (χ4n) is 4.72. The van der Waals surface area contributed by atoms with Gasteiger partial charge in [-0.1, -0.05) is 54.4 Å². The standard InChI is InChI=1S/C25H27N6O2/c1-5-13-29-21-22(26-24(29)31-17(3)14-16(2)27-31)28(4)25(33)30(23(21)32)15-19-11-8-10-18-9-6-7-12-20(18)19/h6-12,14,21H,5,13,15H2,1-4H3/q+1. The van der Waals surface area contributed by atoms with E-state index in [-0.39, 0.29) is 18.5 Å². The number of aryl methyl sites for hydroxylation is 2. The van der Waals surface area contributed by atoms with Crippen molar-refractivity contribution < 1.29 is 14.2 Å². The average Bonchev–Trinajstić information content (AvgIpc) is 3.34. The summed E-state index contributed by atoms with van der Waals surface area (Å²) in [6, 6.07) is 14.9. The minimum Gasteiger partial charge on any atom is -0.270 e. The first-order chi connectivity index (χ1) is 15.9. The number of hydrogen-bond acceptors (Lipinski definition) is 4. The van der Waals surface area contributed by atoms with Gasteiger partial charge in [0.2, 0.25) is 11.9 Å². The van der Waals surface area contributed by atoms with E-state index < -0.39 is 6.04 Å². The maximum absolute atomic E-state index is 13.8. The number of likely N-dealkylation sites (N-methyl/N-ethyl adjacent to an activating group) is 1. The van der Waals surface area contributed by atoms with Crippen LogP contribution in [0, 0.1) is 13.8 Å². The van der Waals surface area contributed by atoms with Crippen molar-refractivity contribution in [3.63, 3.8) is 0 Å². The lowest BCUT2D eigenvalue weighted by Gasteiger charge is -2.34. The Morgan fingerprint density at radius 2 is 1.82 bits per heavy atom. The van der Waals surface area contributed by atoms with Crippen molar-refractivity contribution in [2.45, 2.75) is 39.8 Å². The number of carbonyl (C=O) groups excluding carboxylic acids is 2. The number of nitrogens with zero attached hydrogens (tertiary/aromatic N) is 6. The second-order valence-electron chi connectivity index (χ2n) is 8.61. The van der Waals surface area contributed by atoms with Crippen molar-refractivity contribution in [1.82, 2.24) is 19.6 Å². The Bertz CT molecular complexity index is 1350. The second kappa shape index (κ2) is 7.95. The third kappa shape index (κ3) is 3.33. The smallest absolute Gasteiger partial charge is 0.270 e. The number of fused-ring (bicyclic) bond motifs is 2. The zero-order valence-electron chi connectivity index (χ0n) is 19.3. The minimum absolute atomic E-state index is 0.211. The number of benzene rings is 2. The number of urea groups is 1. The summed E-state index contributed by atoms with van der Waals surface area (Å²) in [5.41, 5.74) is 2.74. The number of amides is 3. The van der Waals surface area contributed by atoms with Gasteiger partial charge >= 0.3 is 12.0 Å². The van der Waals surface area contributed by atoms with Crippen molar-refractivity contribution in [2.24, 2.45) is 4.99 Å². The highest BCUT2D eigenvalue weighted by Crippen LogP contribution is 2.25. The van der Waals surface area contributed by atoms with E-state index in [0.717, 1.165) is 34.1 Å². The molecule has 2 aliphatic heterocycles. The summed E-state index contributed by atoms with van der Waals surface area (Å²) in [5, 5.41) is 6.69. The van der Waals surface area contributed by atoms with Crippen LogP contribution in [0.3, 0.4) is 0 Å². The summed E-state index contributed by atoms with van der Waals surface area (Å²) in [6.07, 6.45) is 0.830.